The van der Waals surface area contributed by atoms with E-state index >= 15 is 0 Å². The molecule has 0 radical (unpaired) electrons. The van der Waals surface area contributed by atoms with E-state index < -0.39 is 5.97 Å². The van der Waals surface area contributed by atoms with Crippen molar-refractivity contribution in [3.63, 3.8) is 0 Å². The summed E-state index contributed by atoms with van der Waals surface area (Å²) in [6.45, 7) is 2.80. The average Bonchev–Trinajstić information content (AvgIpc) is 3.61. The zero-order valence-corrected chi connectivity index (χ0v) is 21.9. The number of aryl methyl sites for hydroxylation is 1. The lowest BCUT2D eigenvalue weighted by molar-refractivity contribution is -0.136. The number of hydrogen-bond donors (Lipinski definition) is 2. The molecule has 5 aromatic rings. The van der Waals surface area contributed by atoms with Gasteiger partial charge in [0, 0.05) is 18.4 Å². The number of aliphatic carboxylic acids is 1. The van der Waals surface area contributed by atoms with Crippen molar-refractivity contribution in [2.75, 3.05) is 0 Å². The Labute approximate surface area is 227 Å². The van der Waals surface area contributed by atoms with Gasteiger partial charge in [-0.05, 0) is 39.5 Å². The lowest BCUT2D eigenvalue weighted by atomic mass is 9.98. The number of aromatic nitrogens is 7. The Morgan fingerprint density at radius 1 is 0.897 bits per heavy atom. The summed E-state index contributed by atoms with van der Waals surface area (Å²) in [7, 11) is 0. The highest BCUT2D eigenvalue weighted by atomic mass is 16.4. The van der Waals surface area contributed by atoms with E-state index in [1.807, 2.05) is 47.1 Å². The van der Waals surface area contributed by atoms with Gasteiger partial charge in [0.25, 0.3) is 0 Å². The largest absolute Gasteiger partial charge is 0.481 e. The Kier molecular flexibility index (Phi) is 8.16. The molecule has 9 nitrogen and oxygen atoms in total. The van der Waals surface area contributed by atoms with E-state index in [2.05, 4.69) is 57.9 Å². The van der Waals surface area contributed by atoms with Crippen molar-refractivity contribution in [2.24, 2.45) is 0 Å². The maximum atomic E-state index is 11.0. The molecule has 9 heteroatoms. The van der Waals surface area contributed by atoms with E-state index in [-0.39, 0.29) is 6.42 Å². The van der Waals surface area contributed by atoms with Crippen LogP contribution in [-0.4, -0.2) is 46.5 Å². The van der Waals surface area contributed by atoms with Crippen molar-refractivity contribution in [3.8, 4) is 22.5 Å². The quantitative estimate of drug-likeness (QED) is 0.218. The molecule has 0 saturated carbocycles. The molecule has 198 valence electrons. The minimum absolute atomic E-state index is 0.0214. The fourth-order valence-corrected chi connectivity index (χ4v) is 4.62. The van der Waals surface area contributed by atoms with Gasteiger partial charge in [-0.2, -0.15) is 10.3 Å². The van der Waals surface area contributed by atoms with Crippen LogP contribution >= 0.6 is 0 Å². The van der Waals surface area contributed by atoms with Gasteiger partial charge in [0.15, 0.2) is 5.82 Å². The zero-order valence-electron chi connectivity index (χ0n) is 21.9. The van der Waals surface area contributed by atoms with Gasteiger partial charge in [-0.25, -0.2) is 9.67 Å². The topological polar surface area (TPSA) is 122 Å². The van der Waals surface area contributed by atoms with E-state index in [1.54, 1.807) is 0 Å². The summed E-state index contributed by atoms with van der Waals surface area (Å²) < 4.78 is 1.99. The molecule has 0 aliphatic heterocycles. The van der Waals surface area contributed by atoms with Crippen LogP contribution in [-0.2, 0) is 30.6 Å². The van der Waals surface area contributed by atoms with Gasteiger partial charge in [0.1, 0.15) is 5.82 Å². The Morgan fingerprint density at radius 2 is 1.62 bits per heavy atom. The molecule has 0 bridgehead atoms. The minimum Gasteiger partial charge on any atom is -0.481 e. The lowest BCUT2D eigenvalue weighted by Gasteiger charge is -2.10. The third-order valence-corrected chi connectivity index (χ3v) is 6.65. The fourth-order valence-electron chi connectivity index (χ4n) is 4.62. The van der Waals surface area contributed by atoms with Crippen molar-refractivity contribution in [2.45, 2.75) is 52.0 Å². The van der Waals surface area contributed by atoms with E-state index in [4.69, 9.17) is 15.2 Å². The Morgan fingerprint density at radius 3 is 2.31 bits per heavy atom. The van der Waals surface area contributed by atoms with Gasteiger partial charge in [0.05, 0.1) is 13.0 Å². The first-order chi connectivity index (χ1) is 19.1. The van der Waals surface area contributed by atoms with Crippen molar-refractivity contribution >= 4 is 5.97 Å². The maximum Gasteiger partial charge on any atom is 0.307 e. The predicted molar refractivity (Wildman–Crippen MR) is 148 cm³/mol. The molecular weight excluding hydrogens is 490 g/mol. The van der Waals surface area contributed by atoms with Crippen molar-refractivity contribution in [1.29, 1.82) is 0 Å². The van der Waals surface area contributed by atoms with Crippen LogP contribution in [0, 0.1) is 0 Å². The van der Waals surface area contributed by atoms with Crippen LogP contribution in [0.5, 0.6) is 0 Å². The summed E-state index contributed by atoms with van der Waals surface area (Å²) in [5, 5.41) is 28.4. The summed E-state index contributed by atoms with van der Waals surface area (Å²) in [5.41, 5.74) is 6.01. The summed E-state index contributed by atoms with van der Waals surface area (Å²) in [6, 6.07) is 24.2. The van der Waals surface area contributed by atoms with Crippen molar-refractivity contribution in [1.82, 2.24) is 35.4 Å². The number of rotatable bonds is 12. The number of benzene rings is 3. The van der Waals surface area contributed by atoms with Crippen LogP contribution in [0.2, 0.25) is 0 Å². The number of carbonyl (C=O) groups is 1. The van der Waals surface area contributed by atoms with Crippen LogP contribution in [0.3, 0.4) is 0 Å². The normalized spacial score (nSPS) is 11.1. The third kappa shape index (κ3) is 6.62. The number of H-pyrrole nitrogens is 1. The Balaban J connectivity index is 1.36. The lowest BCUT2D eigenvalue weighted by Crippen LogP contribution is -2.08. The molecule has 2 aromatic heterocycles. The molecule has 0 saturated heterocycles. The fraction of sp³-hybridized carbons (Fsp3) is 0.267. The number of tetrazole rings is 1. The second-order valence-electron chi connectivity index (χ2n) is 9.60. The highest BCUT2D eigenvalue weighted by molar-refractivity contribution is 5.80. The van der Waals surface area contributed by atoms with Crippen LogP contribution in [0.25, 0.3) is 22.5 Å². The first-order valence-electron chi connectivity index (χ1n) is 13.2. The summed E-state index contributed by atoms with van der Waals surface area (Å²) in [4.78, 5) is 15.9. The van der Waals surface area contributed by atoms with Gasteiger partial charge in [-0.1, -0.05) is 92.6 Å². The SMILES string of the molecule is CCCCCc1nc(Cc2ccc(CC(=O)O)cc2)n(Cc2ccc(-c3ccccc3-c3nn[nH]n3)cc2)n1. The van der Waals surface area contributed by atoms with E-state index in [9.17, 15) is 4.79 Å². The van der Waals surface area contributed by atoms with Crippen LogP contribution in [0.4, 0.5) is 0 Å². The zero-order chi connectivity index (χ0) is 27.0. The highest BCUT2D eigenvalue weighted by Crippen LogP contribution is 2.30. The number of hydrogen-bond acceptors (Lipinski definition) is 6. The first kappa shape index (κ1) is 26.0. The third-order valence-electron chi connectivity index (χ3n) is 6.65. The Hall–Kier alpha value is -4.66. The summed E-state index contributed by atoms with van der Waals surface area (Å²) in [5.74, 6) is 1.50. The number of unbranched alkanes of at least 4 members (excludes halogenated alkanes) is 2. The van der Waals surface area contributed by atoms with Crippen LogP contribution < -0.4 is 0 Å². The molecule has 2 N–H and O–H groups in total. The van der Waals surface area contributed by atoms with Crippen LogP contribution in [0.15, 0.2) is 72.8 Å². The van der Waals surface area contributed by atoms with Gasteiger partial charge in [0.2, 0.25) is 5.82 Å². The van der Waals surface area contributed by atoms with Gasteiger partial charge >= 0.3 is 5.97 Å². The average molecular weight is 522 g/mol. The van der Waals surface area contributed by atoms with Gasteiger partial charge in [-0.15, -0.1) is 10.2 Å². The molecule has 0 unspecified atom stereocenters. The molecule has 0 amide bonds. The molecule has 5 rings (SSSR count). The predicted octanol–water partition coefficient (Wildman–Crippen LogP) is 5.12. The monoisotopic (exact) mass is 521 g/mol. The number of carboxylic acids is 1. The molecule has 39 heavy (non-hydrogen) atoms. The van der Waals surface area contributed by atoms with E-state index in [0.29, 0.717) is 18.8 Å². The Bertz CT molecular complexity index is 1510. The van der Waals surface area contributed by atoms with Gasteiger partial charge in [-0.3, -0.25) is 4.79 Å². The molecule has 0 aliphatic carbocycles. The second-order valence-corrected chi connectivity index (χ2v) is 9.60. The standard InChI is InChI=1S/C30H31N7O2/c1-2-3-4-9-27-31-28(18-21-10-12-22(13-11-21)19-29(38)39)37(34-27)20-23-14-16-24(17-15-23)25-7-5-6-8-26(25)30-32-35-36-33-30/h5-8,10-17H,2-4,9,18-20H2,1H3,(H,38,39)(H,32,33,35,36). The molecule has 0 fully saturated rings. The second kappa shape index (κ2) is 12.3. The van der Waals surface area contributed by atoms with Crippen molar-refractivity contribution in [3.05, 3.63) is 101 Å². The molecule has 2 heterocycles. The highest BCUT2D eigenvalue weighted by Gasteiger charge is 2.14. The first-order valence-corrected chi connectivity index (χ1v) is 13.2. The molecular formula is C30H31N7O2. The van der Waals surface area contributed by atoms with Crippen LogP contribution in [0.1, 0.15) is 54.5 Å². The molecule has 3 aromatic carbocycles. The smallest absolute Gasteiger partial charge is 0.307 e. The van der Waals surface area contributed by atoms with E-state index in [0.717, 1.165) is 70.7 Å². The van der Waals surface area contributed by atoms with Crippen molar-refractivity contribution < 1.29 is 9.90 Å². The molecule has 0 spiro atoms. The van der Waals surface area contributed by atoms with Gasteiger partial charge < -0.3 is 5.11 Å². The minimum atomic E-state index is -0.830. The van der Waals surface area contributed by atoms with E-state index in [1.165, 1.54) is 0 Å². The number of aromatic amines is 1. The number of nitrogens with one attached hydrogen (secondary N) is 1. The number of nitrogens with zero attached hydrogens (tertiary/aromatic N) is 6. The molecule has 0 atom stereocenters. The molecule has 0 aliphatic rings. The maximum absolute atomic E-state index is 11.0. The summed E-state index contributed by atoms with van der Waals surface area (Å²) in [6.07, 6.45) is 4.88. The number of carboxylic acid groups (broad SMARTS) is 1. The summed E-state index contributed by atoms with van der Waals surface area (Å²) >= 11 is 0.